The molecular weight excluding hydrogens is 276 g/mol. The van der Waals surface area contributed by atoms with E-state index in [1.54, 1.807) is 0 Å². The molecular formula is C13H6ClF2NO2. The number of phenolic OH excluding ortho intramolecular Hbond substituents is 1. The summed E-state index contributed by atoms with van der Waals surface area (Å²) in [6.45, 7) is 0. The second kappa shape index (κ2) is 4.20. The summed E-state index contributed by atoms with van der Waals surface area (Å²) in [6, 6.07) is 6.59. The Morgan fingerprint density at radius 3 is 2.74 bits per heavy atom. The predicted molar refractivity (Wildman–Crippen MR) is 66.0 cm³/mol. The molecule has 1 heterocycles. The molecule has 0 spiro atoms. The van der Waals surface area contributed by atoms with E-state index in [2.05, 4.69) is 5.16 Å². The van der Waals surface area contributed by atoms with Crippen LogP contribution in [0.4, 0.5) is 8.78 Å². The number of fused-ring (bicyclic) bond motifs is 1. The molecule has 3 aromatic rings. The quantitative estimate of drug-likeness (QED) is 0.729. The van der Waals surface area contributed by atoms with Crippen LogP contribution < -0.4 is 0 Å². The largest absolute Gasteiger partial charge is 0.506 e. The highest BCUT2D eigenvalue weighted by Crippen LogP contribution is 2.37. The van der Waals surface area contributed by atoms with Crippen molar-refractivity contribution in [3.63, 3.8) is 0 Å². The smallest absolute Gasteiger partial charge is 0.189 e. The number of rotatable bonds is 1. The molecule has 3 nitrogen and oxygen atoms in total. The van der Waals surface area contributed by atoms with Gasteiger partial charge < -0.3 is 9.63 Å². The van der Waals surface area contributed by atoms with E-state index in [0.717, 1.165) is 6.07 Å². The molecule has 0 fully saturated rings. The third-order valence-corrected chi connectivity index (χ3v) is 3.13. The number of aromatic hydroxyl groups is 1. The van der Waals surface area contributed by atoms with Crippen molar-refractivity contribution in [3.05, 3.63) is 47.0 Å². The number of aromatic nitrogens is 1. The fourth-order valence-electron chi connectivity index (χ4n) is 1.84. The minimum Gasteiger partial charge on any atom is -0.506 e. The number of phenols is 1. The Balaban J connectivity index is 2.33. The van der Waals surface area contributed by atoms with Gasteiger partial charge in [0.05, 0.1) is 5.39 Å². The van der Waals surface area contributed by atoms with Crippen LogP contribution in [-0.2, 0) is 0 Å². The molecule has 3 rings (SSSR count). The van der Waals surface area contributed by atoms with Gasteiger partial charge >= 0.3 is 0 Å². The van der Waals surface area contributed by atoms with E-state index in [4.69, 9.17) is 16.1 Å². The molecule has 2 aromatic carbocycles. The second-order valence-electron chi connectivity index (χ2n) is 3.91. The Morgan fingerprint density at radius 1 is 1.16 bits per heavy atom. The van der Waals surface area contributed by atoms with Crippen LogP contribution in [0.25, 0.3) is 22.2 Å². The number of nitrogens with zero attached hydrogens (tertiary/aromatic N) is 1. The Bertz CT molecular complexity index is 786. The van der Waals surface area contributed by atoms with Crippen LogP contribution >= 0.6 is 11.6 Å². The van der Waals surface area contributed by atoms with Gasteiger partial charge in [-0.1, -0.05) is 22.8 Å². The molecule has 1 aromatic heterocycles. The van der Waals surface area contributed by atoms with E-state index in [-0.39, 0.29) is 27.6 Å². The molecule has 0 amide bonds. The van der Waals surface area contributed by atoms with E-state index in [0.29, 0.717) is 5.39 Å². The van der Waals surface area contributed by atoms with Gasteiger partial charge in [0.2, 0.25) is 0 Å². The highest BCUT2D eigenvalue weighted by molar-refractivity contribution is 6.36. The summed E-state index contributed by atoms with van der Waals surface area (Å²) >= 11 is 5.85. The molecule has 0 bridgehead atoms. The van der Waals surface area contributed by atoms with E-state index in [9.17, 15) is 13.9 Å². The van der Waals surface area contributed by atoms with Crippen LogP contribution in [0.5, 0.6) is 5.75 Å². The zero-order valence-corrected chi connectivity index (χ0v) is 10.1. The van der Waals surface area contributed by atoms with Gasteiger partial charge in [-0.2, -0.15) is 0 Å². The van der Waals surface area contributed by atoms with Crippen molar-refractivity contribution in [1.29, 1.82) is 0 Å². The maximum atomic E-state index is 13.7. The van der Waals surface area contributed by atoms with Crippen LogP contribution in [0, 0.1) is 11.6 Å². The molecule has 0 aliphatic heterocycles. The molecule has 0 saturated carbocycles. The fraction of sp³-hybridized carbons (Fsp3) is 0. The van der Waals surface area contributed by atoms with Gasteiger partial charge in [-0.15, -0.1) is 0 Å². The van der Waals surface area contributed by atoms with Gasteiger partial charge in [0.1, 0.15) is 16.5 Å². The average Bonchev–Trinajstić information content (AvgIpc) is 2.82. The van der Waals surface area contributed by atoms with Crippen LogP contribution in [0.2, 0.25) is 5.02 Å². The van der Waals surface area contributed by atoms with E-state index in [1.165, 1.54) is 24.3 Å². The van der Waals surface area contributed by atoms with Crippen LogP contribution in [0.3, 0.4) is 0 Å². The number of benzene rings is 2. The average molecular weight is 282 g/mol. The topological polar surface area (TPSA) is 46.3 Å². The number of hydrogen-bond donors (Lipinski definition) is 1. The third-order valence-electron chi connectivity index (χ3n) is 2.77. The maximum absolute atomic E-state index is 13.7. The Labute approximate surface area is 111 Å². The molecule has 19 heavy (non-hydrogen) atoms. The van der Waals surface area contributed by atoms with Crippen molar-refractivity contribution in [2.75, 3.05) is 0 Å². The Hall–Kier alpha value is -2.14. The molecule has 0 aliphatic carbocycles. The lowest BCUT2D eigenvalue weighted by Gasteiger charge is -2.00. The van der Waals surface area contributed by atoms with Gasteiger partial charge in [0, 0.05) is 5.56 Å². The molecule has 96 valence electrons. The zero-order chi connectivity index (χ0) is 13.6. The first-order valence-electron chi connectivity index (χ1n) is 5.31. The van der Waals surface area contributed by atoms with Crippen molar-refractivity contribution in [3.8, 4) is 17.0 Å². The summed E-state index contributed by atoms with van der Waals surface area (Å²) < 4.78 is 31.9. The van der Waals surface area contributed by atoms with Crippen molar-refractivity contribution in [2.24, 2.45) is 0 Å². The van der Waals surface area contributed by atoms with Gasteiger partial charge in [0.15, 0.2) is 17.2 Å². The summed E-state index contributed by atoms with van der Waals surface area (Å²) in [5.74, 6) is -2.16. The van der Waals surface area contributed by atoms with Crippen molar-refractivity contribution < 1.29 is 18.4 Å². The van der Waals surface area contributed by atoms with Crippen molar-refractivity contribution >= 4 is 22.6 Å². The Kier molecular flexibility index (Phi) is 2.64. The third kappa shape index (κ3) is 1.74. The van der Waals surface area contributed by atoms with Crippen molar-refractivity contribution in [1.82, 2.24) is 5.16 Å². The number of hydrogen-bond acceptors (Lipinski definition) is 3. The lowest BCUT2D eigenvalue weighted by Crippen LogP contribution is -1.89. The first kappa shape index (κ1) is 11.9. The minimum atomic E-state index is -1.01. The zero-order valence-electron chi connectivity index (χ0n) is 9.32. The van der Waals surface area contributed by atoms with Crippen LogP contribution in [0.1, 0.15) is 0 Å². The van der Waals surface area contributed by atoms with Crippen LogP contribution in [-0.4, -0.2) is 10.3 Å². The molecule has 0 aliphatic rings. The van der Waals surface area contributed by atoms with Gasteiger partial charge in [-0.3, -0.25) is 0 Å². The highest BCUT2D eigenvalue weighted by Gasteiger charge is 2.19. The maximum Gasteiger partial charge on any atom is 0.189 e. The second-order valence-corrected chi connectivity index (χ2v) is 4.29. The van der Waals surface area contributed by atoms with Gasteiger partial charge in [0.25, 0.3) is 0 Å². The first-order chi connectivity index (χ1) is 9.09. The van der Waals surface area contributed by atoms with Gasteiger partial charge in [-0.25, -0.2) is 8.78 Å². The summed E-state index contributed by atoms with van der Waals surface area (Å²) in [7, 11) is 0. The highest BCUT2D eigenvalue weighted by atomic mass is 35.5. The summed E-state index contributed by atoms with van der Waals surface area (Å²) in [6.07, 6.45) is 0. The van der Waals surface area contributed by atoms with Gasteiger partial charge in [-0.05, 0) is 24.3 Å². The monoisotopic (exact) mass is 281 g/mol. The lowest BCUT2D eigenvalue weighted by molar-refractivity contribution is 0.450. The molecule has 0 unspecified atom stereocenters. The fourth-order valence-corrected chi connectivity index (χ4v) is 2.04. The minimum absolute atomic E-state index is 0.0203. The summed E-state index contributed by atoms with van der Waals surface area (Å²) in [5.41, 5.74) is 0.231. The Morgan fingerprint density at radius 2 is 1.95 bits per heavy atom. The van der Waals surface area contributed by atoms with Crippen molar-refractivity contribution in [2.45, 2.75) is 0 Å². The standard InChI is InChI=1S/C13H6ClF2NO2/c14-10-9(18)5-4-7-12(17-19-13(7)10)6-2-1-3-8(15)11(6)16/h1-5,18H. The predicted octanol–water partition coefficient (Wildman–Crippen LogP) is 4.13. The van der Waals surface area contributed by atoms with E-state index in [1.807, 2.05) is 0 Å². The molecule has 0 atom stereocenters. The summed E-state index contributed by atoms with van der Waals surface area (Å²) in [5, 5.41) is 13.5. The molecule has 6 heteroatoms. The summed E-state index contributed by atoms with van der Waals surface area (Å²) in [4.78, 5) is 0. The van der Waals surface area contributed by atoms with E-state index < -0.39 is 11.6 Å². The molecule has 1 N–H and O–H groups in total. The van der Waals surface area contributed by atoms with E-state index >= 15 is 0 Å². The molecule has 0 saturated heterocycles. The SMILES string of the molecule is Oc1ccc2c(-c3cccc(F)c3F)noc2c1Cl. The van der Waals surface area contributed by atoms with Crippen LogP contribution in [0.15, 0.2) is 34.9 Å². The normalized spacial score (nSPS) is 11.1. The number of halogens is 3. The molecule has 0 radical (unpaired) electrons. The first-order valence-corrected chi connectivity index (χ1v) is 5.68. The lowest BCUT2D eigenvalue weighted by atomic mass is 10.1.